The van der Waals surface area contributed by atoms with E-state index in [9.17, 15) is 4.79 Å². The van der Waals surface area contributed by atoms with E-state index in [1.165, 1.54) is 0 Å². The van der Waals surface area contributed by atoms with Crippen molar-refractivity contribution in [3.05, 3.63) is 17.6 Å². The lowest BCUT2D eigenvalue weighted by Crippen LogP contribution is -2.45. The fourth-order valence-corrected chi connectivity index (χ4v) is 2.43. The molecular formula is C13H18ClN3O2. The molecule has 19 heavy (non-hydrogen) atoms. The van der Waals surface area contributed by atoms with Crippen molar-refractivity contribution in [3.8, 4) is 5.88 Å². The molecule has 0 N–H and O–H groups in total. The van der Waals surface area contributed by atoms with Gasteiger partial charge in [0.1, 0.15) is 17.8 Å². The van der Waals surface area contributed by atoms with E-state index >= 15 is 0 Å². The number of alkyl halides is 1. The van der Waals surface area contributed by atoms with Crippen molar-refractivity contribution in [3.63, 3.8) is 0 Å². The molecule has 1 aliphatic rings. The number of aryl methyl sites for hydroxylation is 2. The van der Waals surface area contributed by atoms with Crippen LogP contribution in [0.1, 0.15) is 24.4 Å². The van der Waals surface area contributed by atoms with E-state index in [4.69, 9.17) is 16.3 Å². The minimum atomic E-state index is -0.0370. The lowest BCUT2D eigenvalue weighted by molar-refractivity contribution is -0.131. The van der Waals surface area contributed by atoms with Gasteiger partial charge < -0.3 is 9.64 Å². The molecule has 0 aromatic carbocycles. The molecule has 1 aliphatic heterocycles. The molecule has 1 unspecified atom stereocenters. The molecule has 0 spiro atoms. The van der Waals surface area contributed by atoms with Gasteiger partial charge in [0.2, 0.25) is 11.8 Å². The van der Waals surface area contributed by atoms with Crippen LogP contribution in [0.15, 0.2) is 6.07 Å². The third-order valence-corrected chi connectivity index (χ3v) is 3.30. The standard InChI is InChI=1S/C13H18ClN3O2/c1-9-6-12(16-10(2)15-9)19-11-4-3-5-17(8-11)13(18)7-14/h6,11H,3-5,7-8H2,1-2H3. The fraction of sp³-hybridized carbons (Fsp3) is 0.615. The fourth-order valence-electron chi connectivity index (χ4n) is 2.26. The van der Waals surface area contributed by atoms with Crippen LogP contribution in [0.5, 0.6) is 5.88 Å². The topological polar surface area (TPSA) is 55.3 Å². The van der Waals surface area contributed by atoms with Crippen LogP contribution in [0, 0.1) is 13.8 Å². The molecule has 104 valence electrons. The molecule has 0 radical (unpaired) electrons. The molecule has 0 saturated carbocycles. The van der Waals surface area contributed by atoms with Gasteiger partial charge in [-0.05, 0) is 26.7 Å². The van der Waals surface area contributed by atoms with Crippen LogP contribution in [0.4, 0.5) is 0 Å². The molecule has 0 bridgehead atoms. The van der Waals surface area contributed by atoms with Gasteiger partial charge >= 0.3 is 0 Å². The maximum Gasteiger partial charge on any atom is 0.237 e. The van der Waals surface area contributed by atoms with Gasteiger partial charge in [-0.2, -0.15) is 4.98 Å². The van der Waals surface area contributed by atoms with E-state index in [0.29, 0.717) is 18.2 Å². The Morgan fingerprint density at radius 3 is 3.00 bits per heavy atom. The third-order valence-electron chi connectivity index (χ3n) is 3.08. The molecule has 6 heteroatoms. The van der Waals surface area contributed by atoms with Crippen molar-refractivity contribution >= 4 is 17.5 Å². The quantitative estimate of drug-likeness (QED) is 0.793. The number of hydrogen-bond donors (Lipinski definition) is 0. The van der Waals surface area contributed by atoms with Crippen molar-refractivity contribution in [2.45, 2.75) is 32.8 Å². The van der Waals surface area contributed by atoms with Crippen LogP contribution in [0.2, 0.25) is 0 Å². The lowest BCUT2D eigenvalue weighted by atomic mass is 10.1. The molecular weight excluding hydrogens is 266 g/mol. The third kappa shape index (κ3) is 3.80. The van der Waals surface area contributed by atoms with Crippen LogP contribution in [0.3, 0.4) is 0 Å². The number of ether oxygens (including phenoxy) is 1. The van der Waals surface area contributed by atoms with Crippen molar-refractivity contribution in [2.75, 3.05) is 19.0 Å². The van der Waals surface area contributed by atoms with E-state index in [1.807, 2.05) is 19.9 Å². The summed E-state index contributed by atoms with van der Waals surface area (Å²) in [6.07, 6.45) is 1.83. The highest BCUT2D eigenvalue weighted by atomic mass is 35.5. The zero-order valence-corrected chi connectivity index (χ0v) is 12.0. The summed E-state index contributed by atoms with van der Waals surface area (Å²) in [5, 5.41) is 0. The number of rotatable bonds is 3. The van der Waals surface area contributed by atoms with Crippen LogP contribution in [0.25, 0.3) is 0 Å². The minimum Gasteiger partial charge on any atom is -0.472 e. The Bertz CT molecular complexity index is 447. The van der Waals surface area contributed by atoms with Gasteiger partial charge in [-0.3, -0.25) is 4.79 Å². The smallest absolute Gasteiger partial charge is 0.237 e. The number of halogens is 1. The highest BCUT2D eigenvalue weighted by Gasteiger charge is 2.24. The number of aromatic nitrogens is 2. The first-order valence-electron chi connectivity index (χ1n) is 6.41. The Kier molecular flexibility index (Phi) is 4.58. The number of carbonyl (C=O) groups excluding carboxylic acids is 1. The van der Waals surface area contributed by atoms with Crippen molar-refractivity contribution in [1.29, 1.82) is 0 Å². The Morgan fingerprint density at radius 2 is 2.32 bits per heavy atom. The molecule has 1 aromatic rings. The highest BCUT2D eigenvalue weighted by Crippen LogP contribution is 2.17. The summed E-state index contributed by atoms with van der Waals surface area (Å²) in [7, 11) is 0. The predicted molar refractivity (Wildman–Crippen MR) is 72.5 cm³/mol. The Labute approximate surface area is 117 Å². The molecule has 1 saturated heterocycles. The second kappa shape index (κ2) is 6.19. The van der Waals surface area contributed by atoms with Crippen LogP contribution >= 0.6 is 11.6 Å². The van der Waals surface area contributed by atoms with E-state index in [-0.39, 0.29) is 17.9 Å². The van der Waals surface area contributed by atoms with Gasteiger partial charge in [-0.15, -0.1) is 11.6 Å². The number of carbonyl (C=O) groups is 1. The summed E-state index contributed by atoms with van der Waals surface area (Å²) in [5.74, 6) is 1.26. The number of hydrogen-bond acceptors (Lipinski definition) is 4. The predicted octanol–water partition coefficient (Wildman–Crippen LogP) is 1.70. The molecule has 1 aromatic heterocycles. The Morgan fingerprint density at radius 1 is 1.53 bits per heavy atom. The molecule has 1 atom stereocenters. The van der Waals surface area contributed by atoms with Gasteiger partial charge in [0.15, 0.2) is 0 Å². The largest absolute Gasteiger partial charge is 0.472 e. The zero-order valence-electron chi connectivity index (χ0n) is 11.2. The lowest BCUT2D eigenvalue weighted by Gasteiger charge is -2.32. The first kappa shape index (κ1) is 14.1. The summed E-state index contributed by atoms with van der Waals surface area (Å²) in [6.45, 7) is 5.08. The first-order chi connectivity index (χ1) is 9.08. The van der Waals surface area contributed by atoms with E-state index < -0.39 is 0 Å². The highest BCUT2D eigenvalue weighted by molar-refractivity contribution is 6.27. The SMILES string of the molecule is Cc1cc(OC2CCCN(C(=O)CCl)C2)nc(C)n1. The van der Waals surface area contributed by atoms with Crippen molar-refractivity contribution in [2.24, 2.45) is 0 Å². The maximum atomic E-state index is 11.6. The Balaban J connectivity index is 2.00. The van der Waals surface area contributed by atoms with E-state index in [1.54, 1.807) is 4.90 Å². The van der Waals surface area contributed by atoms with E-state index in [0.717, 1.165) is 25.1 Å². The van der Waals surface area contributed by atoms with Gasteiger partial charge in [0, 0.05) is 18.3 Å². The Hall–Kier alpha value is -1.36. The van der Waals surface area contributed by atoms with Crippen LogP contribution < -0.4 is 4.74 Å². The molecule has 2 heterocycles. The minimum absolute atomic E-state index is 0.0189. The monoisotopic (exact) mass is 283 g/mol. The first-order valence-corrected chi connectivity index (χ1v) is 6.94. The molecule has 5 nitrogen and oxygen atoms in total. The second-order valence-corrected chi connectivity index (χ2v) is 5.02. The number of nitrogens with zero attached hydrogens (tertiary/aromatic N) is 3. The van der Waals surface area contributed by atoms with Gasteiger partial charge in [0.05, 0.1) is 6.54 Å². The van der Waals surface area contributed by atoms with Gasteiger partial charge in [-0.1, -0.05) is 0 Å². The normalized spacial score (nSPS) is 19.3. The van der Waals surface area contributed by atoms with Gasteiger partial charge in [-0.25, -0.2) is 4.98 Å². The van der Waals surface area contributed by atoms with Crippen molar-refractivity contribution in [1.82, 2.24) is 14.9 Å². The second-order valence-electron chi connectivity index (χ2n) is 4.75. The van der Waals surface area contributed by atoms with Crippen LogP contribution in [-0.2, 0) is 4.79 Å². The molecule has 2 rings (SSSR count). The maximum absolute atomic E-state index is 11.6. The van der Waals surface area contributed by atoms with Gasteiger partial charge in [0.25, 0.3) is 0 Å². The summed E-state index contributed by atoms with van der Waals surface area (Å²) < 4.78 is 5.85. The summed E-state index contributed by atoms with van der Waals surface area (Å²) >= 11 is 5.58. The zero-order chi connectivity index (χ0) is 13.8. The number of likely N-dealkylation sites (tertiary alicyclic amines) is 1. The summed E-state index contributed by atoms with van der Waals surface area (Å²) in [5.41, 5.74) is 0.881. The van der Waals surface area contributed by atoms with Crippen LogP contribution in [-0.4, -0.2) is 45.8 Å². The molecule has 1 fully saturated rings. The average molecular weight is 284 g/mol. The molecule has 1 amide bonds. The summed E-state index contributed by atoms with van der Waals surface area (Å²) in [6, 6.07) is 1.81. The average Bonchev–Trinajstić information content (AvgIpc) is 2.37. The van der Waals surface area contributed by atoms with E-state index in [2.05, 4.69) is 9.97 Å². The number of amides is 1. The summed E-state index contributed by atoms with van der Waals surface area (Å²) in [4.78, 5) is 21.8. The number of piperidine rings is 1. The van der Waals surface area contributed by atoms with Crippen molar-refractivity contribution < 1.29 is 9.53 Å². The molecule has 0 aliphatic carbocycles.